The lowest BCUT2D eigenvalue weighted by atomic mass is 9.81. The van der Waals surface area contributed by atoms with Crippen LogP contribution in [0.1, 0.15) is 56.2 Å². The number of nitrogens with one attached hydrogen (secondary N) is 2. The zero-order chi connectivity index (χ0) is 25.3. The summed E-state index contributed by atoms with van der Waals surface area (Å²) in [4.78, 5) is 26.7. The lowest BCUT2D eigenvalue weighted by Crippen LogP contribution is -2.34. The van der Waals surface area contributed by atoms with Gasteiger partial charge in [0.25, 0.3) is 0 Å². The number of carbonyl (C=O) groups is 2. The molecule has 2 aromatic rings. The normalized spacial score (nSPS) is 22.1. The van der Waals surface area contributed by atoms with Gasteiger partial charge < -0.3 is 10.2 Å². The number of hydrogen-bond acceptors (Lipinski definition) is 4. The Labute approximate surface area is 208 Å². The summed E-state index contributed by atoms with van der Waals surface area (Å²) in [6, 6.07) is 11.0. The second-order valence-electron chi connectivity index (χ2n) is 10.1. The van der Waals surface area contributed by atoms with Crippen molar-refractivity contribution in [3.63, 3.8) is 0 Å². The summed E-state index contributed by atoms with van der Waals surface area (Å²) in [5.74, 6) is 0.163. The summed E-state index contributed by atoms with van der Waals surface area (Å²) in [6.45, 7) is 7.84. The van der Waals surface area contributed by atoms with Gasteiger partial charge in [0, 0.05) is 36.8 Å². The van der Waals surface area contributed by atoms with Crippen LogP contribution in [-0.2, 0) is 26.0 Å². The van der Waals surface area contributed by atoms with Crippen molar-refractivity contribution < 1.29 is 18.0 Å². The van der Waals surface area contributed by atoms with Gasteiger partial charge in [0.05, 0.1) is 4.90 Å². The van der Waals surface area contributed by atoms with E-state index in [-0.39, 0.29) is 34.6 Å². The molecule has 2 amide bonds. The van der Waals surface area contributed by atoms with Gasteiger partial charge in [-0.3, -0.25) is 9.59 Å². The van der Waals surface area contributed by atoms with E-state index < -0.39 is 10.0 Å². The highest BCUT2D eigenvalue weighted by Gasteiger charge is 2.31. The predicted octanol–water partition coefficient (Wildman–Crippen LogP) is 4.32. The quantitative estimate of drug-likeness (QED) is 0.621. The van der Waals surface area contributed by atoms with E-state index in [4.69, 9.17) is 0 Å². The summed E-state index contributed by atoms with van der Waals surface area (Å²) in [7, 11) is -3.65. The third kappa shape index (κ3) is 5.59. The average molecular weight is 498 g/mol. The molecule has 0 aromatic heterocycles. The molecule has 8 heteroatoms. The average Bonchev–Trinajstić information content (AvgIpc) is 3.15. The number of fused-ring (bicyclic) bond motifs is 1. The molecular formula is C27H35N3O4S. The predicted molar refractivity (Wildman–Crippen MR) is 138 cm³/mol. The maximum atomic E-state index is 13.0. The number of rotatable bonds is 6. The lowest BCUT2D eigenvalue weighted by molar-refractivity contribution is -0.121. The van der Waals surface area contributed by atoms with Crippen molar-refractivity contribution >= 4 is 33.2 Å². The van der Waals surface area contributed by atoms with E-state index in [0.29, 0.717) is 13.0 Å². The van der Waals surface area contributed by atoms with Crippen LogP contribution >= 0.6 is 0 Å². The monoisotopic (exact) mass is 497 g/mol. The van der Waals surface area contributed by atoms with E-state index in [1.165, 1.54) is 6.92 Å². The minimum atomic E-state index is -3.65. The maximum Gasteiger partial charge on any atom is 0.240 e. The molecule has 1 fully saturated rings. The Hall–Kier alpha value is -2.71. The molecule has 2 aromatic carbocycles. The minimum absolute atomic E-state index is 0.0237. The molecule has 1 heterocycles. The maximum absolute atomic E-state index is 13.0. The van der Waals surface area contributed by atoms with E-state index in [1.807, 2.05) is 39.0 Å². The molecule has 0 unspecified atom stereocenters. The number of carbonyl (C=O) groups excluding carboxylic acids is 2. The molecule has 2 aliphatic rings. The molecule has 1 aliphatic carbocycles. The number of aryl methyl sites for hydroxylation is 2. The van der Waals surface area contributed by atoms with Crippen LogP contribution in [-0.4, -0.2) is 32.8 Å². The molecule has 0 spiro atoms. The zero-order valence-electron chi connectivity index (χ0n) is 20.9. The number of benzene rings is 2. The van der Waals surface area contributed by atoms with Crippen LogP contribution in [0.25, 0.3) is 0 Å². The first-order valence-electron chi connectivity index (χ1n) is 12.4. The summed E-state index contributed by atoms with van der Waals surface area (Å²) < 4.78 is 28.7. The molecular weight excluding hydrogens is 462 g/mol. The van der Waals surface area contributed by atoms with Gasteiger partial charge in [-0.1, -0.05) is 12.1 Å². The Morgan fingerprint density at radius 2 is 1.74 bits per heavy atom. The lowest BCUT2D eigenvalue weighted by Gasteiger charge is -2.28. The number of sulfonamides is 1. The molecule has 1 atom stereocenters. The van der Waals surface area contributed by atoms with Gasteiger partial charge in [-0.15, -0.1) is 0 Å². The van der Waals surface area contributed by atoms with E-state index in [2.05, 4.69) is 10.0 Å². The molecule has 0 saturated heterocycles. The highest BCUT2D eigenvalue weighted by Crippen LogP contribution is 2.34. The first-order valence-corrected chi connectivity index (χ1v) is 13.8. The van der Waals surface area contributed by atoms with E-state index >= 15 is 0 Å². The van der Waals surface area contributed by atoms with Crippen molar-refractivity contribution in [3.8, 4) is 0 Å². The minimum Gasteiger partial charge on any atom is -0.326 e. The highest BCUT2D eigenvalue weighted by molar-refractivity contribution is 7.89. The molecule has 2 N–H and O–H groups in total. The molecule has 0 bridgehead atoms. The van der Waals surface area contributed by atoms with Crippen LogP contribution in [0, 0.1) is 25.7 Å². The number of nitrogens with zero attached hydrogens (tertiary/aromatic N) is 1. The second-order valence-corrected chi connectivity index (χ2v) is 11.9. The first kappa shape index (κ1) is 25.4. The standard InChI is InChI=1S/C27H35N3O4S/c1-17-5-6-18(2)25(13-17)29-27(32)22-9-7-21(8-10-22)16-28-35(33,34)24-11-12-26-23(15-24)14-19(3)30(26)20(4)31/h5-6,11-13,15,19,21-22,28H,7-10,14,16H2,1-4H3,(H,29,32)/t19-,21?,22?/m1/s1. The molecule has 1 aliphatic heterocycles. The van der Waals surface area contributed by atoms with Crippen molar-refractivity contribution in [2.24, 2.45) is 11.8 Å². The molecule has 188 valence electrons. The third-order valence-electron chi connectivity index (χ3n) is 7.35. The molecule has 1 saturated carbocycles. The number of anilines is 2. The topological polar surface area (TPSA) is 95.6 Å². The van der Waals surface area contributed by atoms with Crippen LogP contribution in [0.2, 0.25) is 0 Å². The zero-order valence-corrected chi connectivity index (χ0v) is 21.7. The van der Waals surface area contributed by atoms with Gasteiger partial charge in [0.2, 0.25) is 21.8 Å². The summed E-state index contributed by atoms with van der Waals surface area (Å²) in [5, 5.41) is 3.07. The van der Waals surface area contributed by atoms with Gasteiger partial charge in [0.15, 0.2) is 0 Å². The van der Waals surface area contributed by atoms with Gasteiger partial charge in [-0.05, 0) is 99.7 Å². The van der Waals surface area contributed by atoms with E-state index in [1.54, 1.807) is 23.1 Å². The fourth-order valence-corrected chi connectivity index (χ4v) is 6.47. The van der Waals surface area contributed by atoms with Crippen molar-refractivity contribution in [2.75, 3.05) is 16.8 Å². The Balaban J connectivity index is 1.31. The summed E-state index contributed by atoms with van der Waals surface area (Å²) in [6.07, 6.45) is 3.76. The SMILES string of the molecule is CC(=O)N1c2ccc(S(=O)(=O)NCC3CCC(C(=O)Nc4cc(C)ccc4C)CC3)cc2C[C@H]1C. The first-order chi connectivity index (χ1) is 16.5. The molecule has 35 heavy (non-hydrogen) atoms. The van der Waals surface area contributed by atoms with E-state index in [9.17, 15) is 18.0 Å². The Bertz CT molecular complexity index is 1230. The van der Waals surface area contributed by atoms with Crippen molar-refractivity contribution in [3.05, 3.63) is 53.1 Å². The van der Waals surface area contributed by atoms with Crippen LogP contribution in [0.15, 0.2) is 41.3 Å². The van der Waals surface area contributed by atoms with Crippen molar-refractivity contribution in [2.45, 2.75) is 70.7 Å². The van der Waals surface area contributed by atoms with Gasteiger partial charge in [-0.25, -0.2) is 13.1 Å². The Morgan fingerprint density at radius 3 is 2.43 bits per heavy atom. The summed E-state index contributed by atoms with van der Waals surface area (Å²) >= 11 is 0. The van der Waals surface area contributed by atoms with Gasteiger partial charge in [-0.2, -0.15) is 0 Å². The van der Waals surface area contributed by atoms with Crippen LogP contribution in [0.3, 0.4) is 0 Å². The highest BCUT2D eigenvalue weighted by atomic mass is 32.2. The van der Waals surface area contributed by atoms with Crippen LogP contribution < -0.4 is 14.9 Å². The molecule has 0 radical (unpaired) electrons. The van der Waals surface area contributed by atoms with Crippen molar-refractivity contribution in [1.82, 2.24) is 4.72 Å². The van der Waals surface area contributed by atoms with Crippen LogP contribution in [0.4, 0.5) is 11.4 Å². The van der Waals surface area contributed by atoms with E-state index in [0.717, 1.165) is 53.7 Å². The number of amides is 2. The number of hydrogen-bond donors (Lipinski definition) is 2. The molecule has 4 rings (SSSR count). The second kappa shape index (κ2) is 10.1. The molecule has 7 nitrogen and oxygen atoms in total. The van der Waals surface area contributed by atoms with Gasteiger partial charge in [0.1, 0.15) is 0 Å². The fourth-order valence-electron chi connectivity index (χ4n) is 5.30. The Morgan fingerprint density at radius 1 is 1.03 bits per heavy atom. The van der Waals surface area contributed by atoms with Crippen molar-refractivity contribution in [1.29, 1.82) is 0 Å². The fraction of sp³-hybridized carbons (Fsp3) is 0.481. The Kier molecular flexibility index (Phi) is 7.33. The largest absolute Gasteiger partial charge is 0.326 e. The van der Waals surface area contributed by atoms with Crippen LogP contribution in [0.5, 0.6) is 0 Å². The summed E-state index contributed by atoms with van der Waals surface area (Å²) in [5.41, 5.74) is 4.69. The third-order valence-corrected chi connectivity index (χ3v) is 8.77. The smallest absolute Gasteiger partial charge is 0.240 e. The van der Waals surface area contributed by atoms with Gasteiger partial charge >= 0.3 is 0 Å².